The van der Waals surface area contributed by atoms with Crippen molar-refractivity contribution in [3.8, 4) is 0 Å². The van der Waals surface area contributed by atoms with Crippen LogP contribution in [0, 0.1) is 17.8 Å². The summed E-state index contributed by atoms with van der Waals surface area (Å²) in [5.41, 5.74) is 4.98. The molecule has 5 nitrogen and oxygen atoms in total. The summed E-state index contributed by atoms with van der Waals surface area (Å²) in [6.07, 6.45) is 3.31. The van der Waals surface area contributed by atoms with Gasteiger partial charge in [-0.15, -0.1) is 0 Å². The van der Waals surface area contributed by atoms with Gasteiger partial charge in [0.2, 0.25) is 5.91 Å². The number of rotatable bonds is 3. The zero-order valence-corrected chi connectivity index (χ0v) is 10.5. The average Bonchev–Trinajstić information content (AvgIpc) is 2.79. The molecule has 0 bridgehead atoms. The van der Waals surface area contributed by atoms with E-state index in [1.807, 2.05) is 0 Å². The first-order valence-corrected chi connectivity index (χ1v) is 6.28. The lowest BCUT2D eigenvalue weighted by molar-refractivity contribution is -0.125. The summed E-state index contributed by atoms with van der Waals surface area (Å²) in [5, 5.41) is 0.128. The van der Waals surface area contributed by atoms with Crippen LogP contribution in [0.25, 0.3) is 0 Å². The minimum Gasteiger partial charge on any atom is -0.279 e. The molecule has 1 aromatic heterocycles. The van der Waals surface area contributed by atoms with Crippen molar-refractivity contribution in [3.05, 3.63) is 17.5 Å². The Morgan fingerprint density at radius 3 is 2.58 bits per heavy atom. The lowest BCUT2D eigenvalue weighted by Gasteiger charge is -2.15. The first kappa shape index (κ1) is 12.5. The van der Waals surface area contributed by atoms with E-state index in [1.165, 1.54) is 12.4 Å². The summed E-state index contributed by atoms with van der Waals surface area (Å²) in [6.45, 7) is 0. The maximum absolute atomic E-state index is 13.0. The molecule has 0 aromatic carbocycles. The molecule has 0 saturated heterocycles. The van der Waals surface area contributed by atoms with E-state index < -0.39 is 17.8 Å². The van der Waals surface area contributed by atoms with Gasteiger partial charge >= 0.3 is 0 Å². The molecular formula is C11H11ClF2N4O. The van der Waals surface area contributed by atoms with Crippen molar-refractivity contribution < 1.29 is 13.6 Å². The zero-order chi connectivity index (χ0) is 13.6. The molecular weight excluding hydrogens is 278 g/mol. The van der Waals surface area contributed by atoms with E-state index >= 15 is 0 Å². The highest BCUT2D eigenvalue weighted by atomic mass is 35.5. The zero-order valence-electron chi connectivity index (χ0n) is 9.74. The Bertz CT molecular complexity index is 513. The molecule has 2 N–H and O–H groups in total. The highest BCUT2D eigenvalue weighted by Crippen LogP contribution is 2.65. The third kappa shape index (κ3) is 2.11. The Morgan fingerprint density at radius 1 is 1.32 bits per heavy atom. The molecule has 3 rings (SSSR count). The second-order valence-electron chi connectivity index (χ2n) is 4.87. The number of amides is 1. The van der Waals surface area contributed by atoms with E-state index in [2.05, 4.69) is 20.8 Å². The average molecular weight is 289 g/mol. The number of nitrogens with one attached hydrogen (secondary N) is 2. The number of hydrogen-bond donors (Lipinski definition) is 2. The van der Waals surface area contributed by atoms with Crippen LogP contribution < -0.4 is 10.9 Å². The van der Waals surface area contributed by atoms with Gasteiger partial charge in [0, 0.05) is 30.1 Å². The third-order valence-electron chi connectivity index (χ3n) is 3.77. The standard InChI is InChI=1S/C11H11ClF2N4O/c12-8-9(16-2-1-15-8)17-18-10(19)5-3-6-7(4-5)11(6,13)14/h1-2,5-7H,3-4H2,(H,16,17)(H,18,19)/t5-,6+,7-. The summed E-state index contributed by atoms with van der Waals surface area (Å²) < 4.78 is 26.0. The number of nitrogens with zero attached hydrogens (tertiary/aromatic N) is 2. The van der Waals surface area contributed by atoms with Crippen LogP contribution in [0.4, 0.5) is 14.6 Å². The molecule has 2 aliphatic rings. The maximum atomic E-state index is 13.0. The Balaban J connectivity index is 1.52. The maximum Gasteiger partial charge on any atom is 0.254 e. The molecule has 1 aromatic rings. The van der Waals surface area contributed by atoms with Crippen LogP contribution in [-0.2, 0) is 4.79 Å². The van der Waals surface area contributed by atoms with E-state index in [0.717, 1.165) is 0 Å². The number of anilines is 1. The highest BCUT2D eigenvalue weighted by Gasteiger charge is 2.72. The smallest absolute Gasteiger partial charge is 0.254 e. The molecule has 2 fully saturated rings. The number of carbonyl (C=O) groups is 1. The van der Waals surface area contributed by atoms with Crippen LogP contribution in [0.5, 0.6) is 0 Å². The lowest BCUT2D eigenvalue weighted by Crippen LogP contribution is -2.35. The quantitative estimate of drug-likeness (QED) is 0.833. The van der Waals surface area contributed by atoms with Gasteiger partial charge < -0.3 is 0 Å². The normalized spacial score (nSPS) is 30.6. The van der Waals surface area contributed by atoms with Crippen LogP contribution in [0.2, 0.25) is 5.15 Å². The second-order valence-corrected chi connectivity index (χ2v) is 5.22. The van der Waals surface area contributed by atoms with Gasteiger partial charge in [-0.3, -0.25) is 15.6 Å². The summed E-state index contributed by atoms with van der Waals surface area (Å²) in [4.78, 5) is 19.5. The van der Waals surface area contributed by atoms with Crippen LogP contribution in [0.3, 0.4) is 0 Å². The monoisotopic (exact) mass is 288 g/mol. The summed E-state index contributed by atoms with van der Waals surface area (Å²) in [5.74, 6) is -4.27. The predicted molar refractivity (Wildman–Crippen MR) is 63.5 cm³/mol. The number of alkyl halides is 2. The van der Waals surface area contributed by atoms with E-state index in [1.54, 1.807) is 0 Å². The first-order valence-electron chi connectivity index (χ1n) is 5.90. The molecule has 2 aliphatic carbocycles. The molecule has 3 atom stereocenters. The van der Waals surface area contributed by atoms with Gasteiger partial charge in [0.25, 0.3) is 5.92 Å². The van der Waals surface area contributed by atoms with Crippen LogP contribution in [-0.4, -0.2) is 21.8 Å². The fourth-order valence-corrected chi connectivity index (χ4v) is 2.81. The second kappa shape index (κ2) is 4.26. The van der Waals surface area contributed by atoms with Gasteiger partial charge in [-0.2, -0.15) is 0 Å². The topological polar surface area (TPSA) is 66.9 Å². The van der Waals surface area contributed by atoms with Gasteiger partial charge in [0.05, 0.1) is 0 Å². The van der Waals surface area contributed by atoms with Crippen LogP contribution in [0.1, 0.15) is 12.8 Å². The predicted octanol–water partition coefficient (Wildman–Crippen LogP) is 1.86. The molecule has 8 heteroatoms. The molecule has 19 heavy (non-hydrogen) atoms. The van der Waals surface area contributed by atoms with Gasteiger partial charge in [0.15, 0.2) is 11.0 Å². The van der Waals surface area contributed by atoms with Crippen molar-refractivity contribution in [2.24, 2.45) is 17.8 Å². The van der Waals surface area contributed by atoms with E-state index in [9.17, 15) is 13.6 Å². The lowest BCUT2D eigenvalue weighted by atomic mass is 10.0. The molecule has 0 radical (unpaired) electrons. The molecule has 102 valence electrons. The van der Waals surface area contributed by atoms with Crippen molar-refractivity contribution in [2.75, 3.05) is 5.43 Å². The highest BCUT2D eigenvalue weighted by molar-refractivity contribution is 6.31. The molecule has 0 spiro atoms. The van der Waals surface area contributed by atoms with Crippen molar-refractivity contribution in [3.63, 3.8) is 0 Å². The number of halogens is 3. The van der Waals surface area contributed by atoms with Crippen molar-refractivity contribution in [1.82, 2.24) is 15.4 Å². The minimum atomic E-state index is -2.56. The van der Waals surface area contributed by atoms with Gasteiger partial charge in [-0.25, -0.2) is 18.7 Å². The summed E-state index contributed by atoms with van der Waals surface area (Å²) in [6, 6.07) is 0. The fraction of sp³-hybridized carbons (Fsp3) is 0.545. The van der Waals surface area contributed by atoms with E-state index in [0.29, 0.717) is 0 Å². The third-order valence-corrected chi connectivity index (χ3v) is 4.05. The minimum absolute atomic E-state index is 0.128. The molecule has 2 saturated carbocycles. The fourth-order valence-electron chi connectivity index (χ4n) is 2.65. The molecule has 0 unspecified atom stereocenters. The van der Waals surface area contributed by atoms with E-state index in [-0.39, 0.29) is 35.6 Å². The van der Waals surface area contributed by atoms with Crippen LogP contribution in [0.15, 0.2) is 12.4 Å². The van der Waals surface area contributed by atoms with Crippen LogP contribution >= 0.6 is 11.6 Å². The Hall–Kier alpha value is -1.50. The van der Waals surface area contributed by atoms with E-state index in [4.69, 9.17) is 11.6 Å². The number of hydrazine groups is 1. The molecule has 1 amide bonds. The number of aromatic nitrogens is 2. The van der Waals surface area contributed by atoms with Gasteiger partial charge in [-0.1, -0.05) is 11.6 Å². The first-order chi connectivity index (χ1) is 9.00. The Kier molecular flexibility index (Phi) is 2.81. The number of carbonyl (C=O) groups excluding carboxylic acids is 1. The largest absolute Gasteiger partial charge is 0.279 e. The van der Waals surface area contributed by atoms with Gasteiger partial charge in [0.1, 0.15) is 0 Å². The van der Waals surface area contributed by atoms with Crippen molar-refractivity contribution in [1.29, 1.82) is 0 Å². The SMILES string of the molecule is O=C(NNc1nccnc1Cl)[C@H]1C[C@@H]2[C@H](C1)C2(F)F. The van der Waals surface area contributed by atoms with Crippen molar-refractivity contribution in [2.45, 2.75) is 18.8 Å². The van der Waals surface area contributed by atoms with Gasteiger partial charge in [-0.05, 0) is 12.8 Å². The van der Waals surface area contributed by atoms with Crippen molar-refractivity contribution >= 4 is 23.3 Å². The number of fused-ring (bicyclic) bond motifs is 1. The number of hydrogen-bond acceptors (Lipinski definition) is 4. The molecule has 0 aliphatic heterocycles. The Morgan fingerprint density at radius 2 is 1.95 bits per heavy atom. The summed E-state index contributed by atoms with van der Waals surface area (Å²) >= 11 is 5.75. The summed E-state index contributed by atoms with van der Waals surface area (Å²) in [7, 11) is 0. The molecule has 1 heterocycles. The Labute approximate surface area is 112 Å².